The Kier molecular flexibility index (Phi) is 6.63. The summed E-state index contributed by atoms with van der Waals surface area (Å²) in [6.45, 7) is 6.76. The van der Waals surface area contributed by atoms with Gasteiger partial charge in [0.1, 0.15) is 5.82 Å². The van der Waals surface area contributed by atoms with E-state index in [0.29, 0.717) is 0 Å². The number of para-hydroxylation sites is 2. The normalized spacial score (nSPS) is 12.5. The molecule has 1 N–H and O–H groups in total. The van der Waals surface area contributed by atoms with Crippen LogP contribution >= 0.6 is 0 Å². The highest BCUT2D eigenvalue weighted by molar-refractivity contribution is 5.77. The van der Waals surface area contributed by atoms with Crippen LogP contribution in [0, 0.1) is 0 Å². The van der Waals surface area contributed by atoms with Crippen LogP contribution in [-0.2, 0) is 11.3 Å². The van der Waals surface area contributed by atoms with Crippen molar-refractivity contribution in [3.05, 3.63) is 30.1 Å². The fourth-order valence-corrected chi connectivity index (χ4v) is 3.08. The lowest BCUT2D eigenvalue weighted by Gasteiger charge is -2.15. The van der Waals surface area contributed by atoms with Crippen molar-refractivity contribution in [1.29, 1.82) is 0 Å². The summed E-state index contributed by atoms with van der Waals surface area (Å²) in [7, 11) is 0. The zero-order valence-electron chi connectivity index (χ0n) is 14.6. The molecule has 1 unspecified atom stereocenters. The van der Waals surface area contributed by atoms with Crippen LogP contribution in [0.25, 0.3) is 11.0 Å². The molecule has 2 aromatic rings. The number of imidazole rings is 1. The van der Waals surface area contributed by atoms with Crippen LogP contribution in [0.2, 0.25) is 0 Å². The SMILES string of the molecule is CCCCCCCCn1c(C(C)NC(C)=O)nc2ccccc21. The number of hydrogen-bond acceptors (Lipinski definition) is 2. The van der Waals surface area contributed by atoms with E-state index in [9.17, 15) is 4.79 Å². The van der Waals surface area contributed by atoms with Gasteiger partial charge in [0.25, 0.3) is 0 Å². The zero-order valence-corrected chi connectivity index (χ0v) is 14.6. The van der Waals surface area contributed by atoms with E-state index in [1.54, 1.807) is 6.92 Å². The molecule has 4 nitrogen and oxygen atoms in total. The number of nitrogens with zero attached hydrogens (tertiary/aromatic N) is 2. The maximum absolute atomic E-state index is 11.4. The third kappa shape index (κ3) is 4.81. The lowest BCUT2D eigenvalue weighted by Crippen LogP contribution is -2.26. The molecule has 0 aliphatic rings. The van der Waals surface area contributed by atoms with Crippen molar-refractivity contribution in [3.63, 3.8) is 0 Å². The Labute approximate surface area is 139 Å². The van der Waals surface area contributed by atoms with E-state index in [2.05, 4.69) is 28.9 Å². The summed E-state index contributed by atoms with van der Waals surface area (Å²) >= 11 is 0. The molecule has 2 rings (SSSR count). The van der Waals surface area contributed by atoms with Crippen molar-refractivity contribution in [2.24, 2.45) is 0 Å². The molecule has 0 fully saturated rings. The second-order valence-corrected chi connectivity index (χ2v) is 6.30. The summed E-state index contributed by atoms with van der Waals surface area (Å²) in [4.78, 5) is 16.1. The van der Waals surface area contributed by atoms with E-state index in [1.807, 2.05) is 19.1 Å². The second kappa shape index (κ2) is 8.70. The first kappa shape index (κ1) is 17.5. The molecule has 1 aromatic heterocycles. The van der Waals surface area contributed by atoms with Gasteiger partial charge < -0.3 is 9.88 Å². The van der Waals surface area contributed by atoms with Gasteiger partial charge in [-0.05, 0) is 25.5 Å². The molecule has 0 spiro atoms. The Morgan fingerprint density at radius 3 is 2.61 bits per heavy atom. The number of rotatable bonds is 9. The molecule has 1 heterocycles. The molecule has 0 saturated heterocycles. The lowest BCUT2D eigenvalue weighted by atomic mass is 10.1. The van der Waals surface area contributed by atoms with Crippen LogP contribution in [0.1, 0.15) is 71.2 Å². The van der Waals surface area contributed by atoms with Crippen molar-refractivity contribution in [3.8, 4) is 0 Å². The largest absolute Gasteiger partial charge is 0.347 e. The third-order valence-electron chi connectivity index (χ3n) is 4.23. The molecule has 0 aliphatic carbocycles. The average molecular weight is 315 g/mol. The Hall–Kier alpha value is -1.84. The van der Waals surface area contributed by atoms with Gasteiger partial charge >= 0.3 is 0 Å². The van der Waals surface area contributed by atoms with Crippen LogP contribution in [0.5, 0.6) is 0 Å². The maximum Gasteiger partial charge on any atom is 0.217 e. The fraction of sp³-hybridized carbons (Fsp3) is 0.579. The van der Waals surface area contributed by atoms with Crippen molar-refractivity contribution in [2.45, 2.75) is 71.9 Å². The van der Waals surface area contributed by atoms with E-state index in [0.717, 1.165) is 29.8 Å². The molecule has 0 saturated carbocycles. The summed E-state index contributed by atoms with van der Waals surface area (Å²) in [5, 5.41) is 2.96. The topological polar surface area (TPSA) is 46.9 Å². The van der Waals surface area contributed by atoms with Gasteiger partial charge in [0.15, 0.2) is 0 Å². The van der Waals surface area contributed by atoms with Gasteiger partial charge in [-0.15, -0.1) is 0 Å². The van der Waals surface area contributed by atoms with Gasteiger partial charge in [0.05, 0.1) is 17.1 Å². The van der Waals surface area contributed by atoms with E-state index in [-0.39, 0.29) is 11.9 Å². The summed E-state index contributed by atoms with van der Waals surface area (Å²) in [6.07, 6.45) is 7.65. The van der Waals surface area contributed by atoms with Gasteiger partial charge in [0, 0.05) is 13.5 Å². The van der Waals surface area contributed by atoms with E-state index in [1.165, 1.54) is 32.1 Å². The molecule has 0 aliphatic heterocycles. The van der Waals surface area contributed by atoms with Gasteiger partial charge in [-0.2, -0.15) is 0 Å². The highest BCUT2D eigenvalue weighted by Gasteiger charge is 2.16. The predicted octanol–water partition coefficient (Wildman–Crippen LogP) is 4.59. The molecule has 0 bridgehead atoms. The Morgan fingerprint density at radius 1 is 1.17 bits per heavy atom. The minimum Gasteiger partial charge on any atom is -0.347 e. The summed E-state index contributed by atoms with van der Waals surface area (Å²) in [5.41, 5.74) is 2.17. The number of benzene rings is 1. The number of fused-ring (bicyclic) bond motifs is 1. The molecule has 4 heteroatoms. The third-order valence-corrected chi connectivity index (χ3v) is 4.23. The number of carbonyl (C=O) groups excluding carboxylic acids is 1. The molecule has 23 heavy (non-hydrogen) atoms. The lowest BCUT2D eigenvalue weighted by molar-refractivity contribution is -0.119. The first-order valence-electron chi connectivity index (χ1n) is 8.85. The number of hydrogen-bond donors (Lipinski definition) is 1. The molecule has 0 radical (unpaired) electrons. The number of aromatic nitrogens is 2. The highest BCUT2D eigenvalue weighted by atomic mass is 16.1. The van der Waals surface area contributed by atoms with Gasteiger partial charge in [-0.25, -0.2) is 4.98 Å². The van der Waals surface area contributed by atoms with Crippen molar-refractivity contribution in [1.82, 2.24) is 14.9 Å². The first-order chi connectivity index (χ1) is 11.1. The zero-order chi connectivity index (χ0) is 16.7. The molecule has 1 atom stereocenters. The van der Waals surface area contributed by atoms with Crippen LogP contribution in [0.4, 0.5) is 0 Å². The van der Waals surface area contributed by atoms with Gasteiger partial charge in [0.2, 0.25) is 5.91 Å². The van der Waals surface area contributed by atoms with Crippen molar-refractivity contribution >= 4 is 16.9 Å². The number of carbonyl (C=O) groups is 1. The minimum absolute atomic E-state index is 0.0179. The first-order valence-corrected chi connectivity index (χ1v) is 8.85. The van der Waals surface area contributed by atoms with E-state index >= 15 is 0 Å². The summed E-state index contributed by atoms with van der Waals surface area (Å²) < 4.78 is 2.27. The Balaban J connectivity index is 2.10. The smallest absolute Gasteiger partial charge is 0.217 e. The predicted molar refractivity (Wildman–Crippen MR) is 95.3 cm³/mol. The fourth-order valence-electron chi connectivity index (χ4n) is 3.08. The van der Waals surface area contributed by atoms with Crippen molar-refractivity contribution < 1.29 is 4.79 Å². The van der Waals surface area contributed by atoms with E-state index < -0.39 is 0 Å². The summed E-state index contributed by atoms with van der Waals surface area (Å²) in [6, 6.07) is 8.15. The van der Waals surface area contributed by atoms with Gasteiger partial charge in [-0.3, -0.25) is 4.79 Å². The summed E-state index contributed by atoms with van der Waals surface area (Å²) in [5.74, 6) is 0.936. The number of unbranched alkanes of at least 4 members (excludes halogenated alkanes) is 5. The molecule has 1 amide bonds. The molecule has 126 valence electrons. The van der Waals surface area contributed by atoms with Crippen LogP contribution in [0.3, 0.4) is 0 Å². The Morgan fingerprint density at radius 2 is 1.87 bits per heavy atom. The number of amides is 1. The highest BCUT2D eigenvalue weighted by Crippen LogP contribution is 2.22. The Bertz CT molecular complexity index is 633. The average Bonchev–Trinajstić information content (AvgIpc) is 2.89. The van der Waals surface area contributed by atoms with Crippen molar-refractivity contribution in [2.75, 3.05) is 0 Å². The minimum atomic E-state index is -0.0695. The quantitative estimate of drug-likeness (QED) is 0.688. The van der Waals surface area contributed by atoms with Crippen LogP contribution in [-0.4, -0.2) is 15.5 Å². The van der Waals surface area contributed by atoms with Gasteiger partial charge in [-0.1, -0.05) is 51.2 Å². The number of aryl methyl sites for hydroxylation is 1. The van der Waals surface area contributed by atoms with Crippen LogP contribution < -0.4 is 5.32 Å². The maximum atomic E-state index is 11.4. The standard InChI is InChI=1S/C19H29N3O/c1-4-5-6-7-8-11-14-22-18-13-10-9-12-17(18)21-19(22)15(2)20-16(3)23/h9-10,12-13,15H,4-8,11,14H2,1-3H3,(H,20,23). The molecular formula is C19H29N3O. The van der Waals surface area contributed by atoms with Crippen LogP contribution in [0.15, 0.2) is 24.3 Å². The molecular weight excluding hydrogens is 286 g/mol. The second-order valence-electron chi connectivity index (χ2n) is 6.30. The monoisotopic (exact) mass is 315 g/mol. The number of nitrogens with one attached hydrogen (secondary N) is 1. The molecule has 1 aromatic carbocycles. The van der Waals surface area contributed by atoms with E-state index in [4.69, 9.17) is 4.98 Å².